The number of thiazole rings is 1. The Morgan fingerprint density at radius 2 is 2.05 bits per heavy atom. The second-order valence-electron chi connectivity index (χ2n) is 6.17. The molecule has 1 aromatic rings. The molecule has 0 radical (unpaired) electrons. The molecule has 1 aromatic heterocycles. The first-order chi connectivity index (χ1) is 9.04. The lowest BCUT2D eigenvalue weighted by Gasteiger charge is -2.34. The van der Waals surface area contributed by atoms with Gasteiger partial charge in [-0.1, -0.05) is 13.8 Å². The van der Waals surface area contributed by atoms with Crippen molar-refractivity contribution in [3.63, 3.8) is 0 Å². The molecule has 1 atom stereocenters. The summed E-state index contributed by atoms with van der Waals surface area (Å²) in [6.07, 6.45) is 4.51. The van der Waals surface area contributed by atoms with E-state index in [9.17, 15) is 0 Å². The van der Waals surface area contributed by atoms with Crippen LogP contribution in [-0.2, 0) is 0 Å². The quantitative estimate of drug-likeness (QED) is 0.898. The molecule has 3 nitrogen and oxygen atoms in total. The molecule has 2 rings (SSSR count). The zero-order valence-corrected chi connectivity index (χ0v) is 13.5. The predicted octanol–water partition coefficient (Wildman–Crippen LogP) is 3.22. The van der Waals surface area contributed by atoms with Gasteiger partial charge in [-0.2, -0.15) is 0 Å². The second-order valence-corrected chi connectivity index (χ2v) is 7.43. The Morgan fingerprint density at radius 1 is 1.37 bits per heavy atom. The maximum Gasteiger partial charge on any atom is 0.109 e. The van der Waals surface area contributed by atoms with Crippen LogP contribution >= 0.6 is 11.3 Å². The summed E-state index contributed by atoms with van der Waals surface area (Å²) in [5, 5.41) is 4.97. The number of hydrogen-bond acceptors (Lipinski definition) is 4. The number of piperidine rings is 1. The number of rotatable bonds is 5. The average Bonchev–Trinajstić information content (AvgIpc) is 2.78. The zero-order chi connectivity index (χ0) is 13.8. The molecule has 1 saturated heterocycles. The normalized spacial score (nSPS) is 20.1. The van der Waals surface area contributed by atoms with Gasteiger partial charge in [0.25, 0.3) is 0 Å². The molecule has 0 saturated carbocycles. The van der Waals surface area contributed by atoms with E-state index in [1.165, 1.54) is 42.4 Å². The van der Waals surface area contributed by atoms with Gasteiger partial charge in [-0.25, -0.2) is 4.98 Å². The van der Waals surface area contributed by atoms with Gasteiger partial charge in [0.15, 0.2) is 0 Å². The Bertz CT molecular complexity index is 380. The van der Waals surface area contributed by atoms with E-state index >= 15 is 0 Å². The Kier molecular flexibility index (Phi) is 5.37. The van der Waals surface area contributed by atoms with Gasteiger partial charge in [0.2, 0.25) is 0 Å². The summed E-state index contributed by atoms with van der Waals surface area (Å²) in [4.78, 5) is 8.38. The van der Waals surface area contributed by atoms with Crippen LogP contribution in [0.25, 0.3) is 0 Å². The van der Waals surface area contributed by atoms with Crippen LogP contribution in [0, 0.1) is 12.8 Å². The Hall–Kier alpha value is -0.450. The van der Waals surface area contributed by atoms with Gasteiger partial charge in [-0.05, 0) is 45.7 Å². The van der Waals surface area contributed by atoms with E-state index in [2.05, 4.69) is 42.9 Å². The Labute approximate surface area is 121 Å². The molecule has 0 amide bonds. The lowest BCUT2D eigenvalue weighted by molar-refractivity contribution is 0.175. The summed E-state index contributed by atoms with van der Waals surface area (Å²) < 4.78 is 0. The van der Waals surface area contributed by atoms with Crippen LogP contribution in [0.1, 0.15) is 49.5 Å². The number of likely N-dealkylation sites (tertiary alicyclic amines) is 1. The van der Waals surface area contributed by atoms with E-state index in [1.54, 1.807) is 0 Å². The average molecular weight is 281 g/mol. The van der Waals surface area contributed by atoms with Crippen molar-refractivity contribution < 1.29 is 0 Å². The first-order valence-electron chi connectivity index (χ1n) is 7.45. The van der Waals surface area contributed by atoms with Crippen LogP contribution in [0.2, 0.25) is 0 Å². The summed E-state index contributed by atoms with van der Waals surface area (Å²) in [6.45, 7) is 12.7. The smallest absolute Gasteiger partial charge is 0.109 e. The van der Waals surface area contributed by atoms with Crippen molar-refractivity contribution in [3.8, 4) is 0 Å². The molecular formula is C15H27N3S. The SMILES string of the molecule is Cc1cnc(C(C)NC2CCN(CC(C)C)CC2)s1. The fourth-order valence-corrected chi connectivity index (χ4v) is 3.58. The van der Waals surface area contributed by atoms with Gasteiger partial charge < -0.3 is 10.2 Å². The standard InChI is InChI=1S/C15H27N3S/c1-11(2)10-18-7-5-14(6-8-18)17-13(4)15-16-9-12(3)19-15/h9,11,13-14,17H,5-8,10H2,1-4H3. The van der Waals surface area contributed by atoms with Crippen molar-refractivity contribution in [2.75, 3.05) is 19.6 Å². The monoisotopic (exact) mass is 281 g/mol. The summed E-state index contributed by atoms with van der Waals surface area (Å²) in [6, 6.07) is 1.04. The molecule has 19 heavy (non-hydrogen) atoms. The number of aromatic nitrogens is 1. The van der Waals surface area contributed by atoms with Crippen LogP contribution in [0.15, 0.2) is 6.20 Å². The maximum absolute atomic E-state index is 4.48. The fraction of sp³-hybridized carbons (Fsp3) is 0.800. The summed E-state index contributed by atoms with van der Waals surface area (Å²) in [5.74, 6) is 0.779. The Balaban J connectivity index is 1.76. The first kappa shape index (κ1) is 14.9. The van der Waals surface area contributed by atoms with E-state index in [4.69, 9.17) is 0 Å². The Morgan fingerprint density at radius 3 is 2.58 bits per heavy atom. The van der Waals surface area contributed by atoms with Crippen LogP contribution in [0.4, 0.5) is 0 Å². The molecule has 1 aliphatic heterocycles. The molecule has 1 N–H and O–H groups in total. The van der Waals surface area contributed by atoms with Crippen molar-refractivity contribution in [1.82, 2.24) is 15.2 Å². The van der Waals surface area contributed by atoms with Gasteiger partial charge in [-0.15, -0.1) is 11.3 Å². The molecule has 4 heteroatoms. The maximum atomic E-state index is 4.48. The summed E-state index contributed by atoms with van der Waals surface area (Å²) in [7, 11) is 0. The van der Waals surface area contributed by atoms with Gasteiger partial charge in [0.05, 0.1) is 6.04 Å². The topological polar surface area (TPSA) is 28.2 Å². The molecule has 2 heterocycles. The highest BCUT2D eigenvalue weighted by molar-refractivity contribution is 7.11. The van der Waals surface area contributed by atoms with Crippen LogP contribution < -0.4 is 5.32 Å². The fourth-order valence-electron chi connectivity index (χ4n) is 2.80. The van der Waals surface area contributed by atoms with Gasteiger partial charge in [0.1, 0.15) is 5.01 Å². The van der Waals surface area contributed by atoms with Gasteiger partial charge in [-0.3, -0.25) is 0 Å². The summed E-state index contributed by atoms with van der Waals surface area (Å²) in [5.41, 5.74) is 0. The number of nitrogens with one attached hydrogen (secondary N) is 1. The highest BCUT2D eigenvalue weighted by Crippen LogP contribution is 2.21. The van der Waals surface area contributed by atoms with E-state index in [0.29, 0.717) is 12.1 Å². The molecule has 0 aromatic carbocycles. The largest absolute Gasteiger partial charge is 0.305 e. The minimum Gasteiger partial charge on any atom is -0.305 e. The second kappa shape index (κ2) is 6.82. The van der Waals surface area contributed by atoms with Crippen LogP contribution in [0.5, 0.6) is 0 Å². The highest BCUT2D eigenvalue weighted by atomic mass is 32.1. The number of aryl methyl sites for hydroxylation is 1. The molecule has 0 spiro atoms. The molecule has 0 bridgehead atoms. The number of hydrogen-bond donors (Lipinski definition) is 1. The molecule has 1 aliphatic rings. The van der Waals surface area contributed by atoms with E-state index in [-0.39, 0.29) is 0 Å². The van der Waals surface area contributed by atoms with Crippen molar-refractivity contribution >= 4 is 11.3 Å². The van der Waals surface area contributed by atoms with E-state index in [1.807, 2.05) is 17.5 Å². The van der Waals surface area contributed by atoms with Crippen molar-refractivity contribution in [1.29, 1.82) is 0 Å². The van der Waals surface area contributed by atoms with Crippen LogP contribution in [0.3, 0.4) is 0 Å². The highest BCUT2D eigenvalue weighted by Gasteiger charge is 2.21. The third-order valence-electron chi connectivity index (χ3n) is 3.71. The van der Waals surface area contributed by atoms with Crippen LogP contribution in [-0.4, -0.2) is 35.6 Å². The van der Waals surface area contributed by atoms with Crippen molar-refractivity contribution in [2.24, 2.45) is 5.92 Å². The third-order valence-corrected chi connectivity index (χ3v) is 4.80. The minimum absolute atomic E-state index is 0.389. The van der Waals surface area contributed by atoms with Gasteiger partial charge in [0, 0.05) is 23.7 Å². The minimum atomic E-state index is 0.389. The molecule has 1 fully saturated rings. The van der Waals surface area contributed by atoms with Crippen molar-refractivity contribution in [2.45, 2.75) is 52.6 Å². The van der Waals surface area contributed by atoms with Crippen molar-refractivity contribution in [3.05, 3.63) is 16.1 Å². The lowest BCUT2D eigenvalue weighted by Crippen LogP contribution is -2.44. The lowest BCUT2D eigenvalue weighted by atomic mass is 10.0. The number of nitrogens with zero attached hydrogens (tertiary/aromatic N) is 2. The molecule has 108 valence electrons. The summed E-state index contributed by atoms with van der Waals surface area (Å²) >= 11 is 1.81. The van der Waals surface area contributed by atoms with E-state index < -0.39 is 0 Å². The third kappa shape index (κ3) is 4.55. The van der Waals surface area contributed by atoms with Gasteiger partial charge >= 0.3 is 0 Å². The molecule has 1 unspecified atom stereocenters. The predicted molar refractivity (Wildman–Crippen MR) is 82.7 cm³/mol. The zero-order valence-electron chi connectivity index (χ0n) is 12.6. The van der Waals surface area contributed by atoms with E-state index in [0.717, 1.165) is 5.92 Å². The first-order valence-corrected chi connectivity index (χ1v) is 8.27. The molecule has 0 aliphatic carbocycles. The molecular weight excluding hydrogens is 254 g/mol.